The molecule has 0 saturated heterocycles. The van der Waals surface area contributed by atoms with E-state index < -0.39 is 21.6 Å². The van der Waals surface area contributed by atoms with E-state index in [0.29, 0.717) is 16.0 Å². The fourth-order valence-corrected chi connectivity index (χ4v) is 4.04. The van der Waals surface area contributed by atoms with Crippen LogP contribution in [-0.2, 0) is 9.73 Å². The van der Waals surface area contributed by atoms with Gasteiger partial charge in [-0.05, 0) is 49.7 Å². The number of ether oxygens (including phenoxy) is 1. The van der Waals surface area contributed by atoms with Crippen LogP contribution in [0.4, 0.5) is 0 Å². The van der Waals surface area contributed by atoms with Gasteiger partial charge in [0.15, 0.2) is 0 Å². The van der Waals surface area contributed by atoms with Crippen molar-refractivity contribution in [2.24, 2.45) is 4.36 Å². The molecule has 1 amide bonds. The quantitative estimate of drug-likeness (QED) is 0.459. The lowest BCUT2D eigenvalue weighted by atomic mass is 10.1. The molecule has 0 heterocycles. The normalized spacial score (nSPS) is 12.7. The molecule has 0 spiro atoms. The number of aryl methyl sites for hydroxylation is 2. The maximum Gasteiger partial charge on any atom is 0.343 e. The number of nitrogens with zero attached hydrogens (tertiary/aromatic N) is 1. The van der Waals surface area contributed by atoms with Crippen molar-refractivity contribution in [1.82, 2.24) is 0 Å². The molecule has 3 aromatic carbocycles. The Kier molecular flexibility index (Phi) is 5.94. The summed E-state index contributed by atoms with van der Waals surface area (Å²) in [6.45, 7) is 3.59. The minimum Gasteiger partial charge on any atom is -0.422 e. The molecule has 0 fully saturated rings. The van der Waals surface area contributed by atoms with Gasteiger partial charge < -0.3 is 4.74 Å². The van der Waals surface area contributed by atoms with Gasteiger partial charge in [-0.25, -0.2) is 9.00 Å². The van der Waals surface area contributed by atoms with E-state index in [1.165, 1.54) is 12.3 Å². The van der Waals surface area contributed by atoms with Crippen LogP contribution >= 0.6 is 0 Å². The van der Waals surface area contributed by atoms with Crippen molar-refractivity contribution < 1.29 is 18.5 Å². The van der Waals surface area contributed by atoms with Gasteiger partial charge in [0.05, 0.1) is 20.9 Å². The highest BCUT2D eigenvalue weighted by atomic mass is 32.2. The molecular formula is C23H21NO4S. The SMILES string of the molecule is Cc1cccc(C(=O)Oc2cccc(C)c2C(=O)N=S(C)(=O)c2ccccc2)c1. The molecule has 1 atom stereocenters. The molecular weight excluding hydrogens is 386 g/mol. The van der Waals surface area contributed by atoms with E-state index in [1.54, 1.807) is 67.6 Å². The van der Waals surface area contributed by atoms with Crippen LogP contribution in [0.3, 0.4) is 0 Å². The molecule has 1 unspecified atom stereocenters. The first-order valence-corrected chi connectivity index (χ1v) is 10.9. The standard InChI is InChI=1S/C23H21NO4S/c1-16-9-7-11-18(15-16)23(26)28-20-14-8-10-17(2)21(20)22(25)24-29(3,27)19-12-5-4-6-13-19/h4-15H,1-3H3. The molecule has 0 aliphatic heterocycles. The van der Waals surface area contributed by atoms with Crippen molar-refractivity contribution in [2.45, 2.75) is 18.7 Å². The fourth-order valence-electron chi connectivity index (χ4n) is 2.86. The van der Waals surface area contributed by atoms with Crippen molar-refractivity contribution in [3.63, 3.8) is 0 Å². The second kappa shape index (κ2) is 8.41. The van der Waals surface area contributed by atoms with E-state index in [-0.39, 0.29) is 11.3 Å². The van der Waals surface area contributed by atoms with Crippen LogP contribution in [0.2, 0.25) is 0 Å². The predicted molar refractivity (Wildman–Crippen MR) is 113 cm³/mol. The summed E-state index contributed by atoms with van der Waals surface area (Å²) < 4.78 is 22.4. The molecule has 0 saturated carbocycles. The second-order valence-electron chi connectivity index (χ2n) is 6.72. The zero-order valence-corrected chi connectivity index (χ0v) is 17.2. The van der Waals surface area contributed by atoms with Gasteiger partial charge in [0.1, 0.15) is 5.75 Å². The monoisotopic (exact) mass is 407 g/mol. The average molecular weight is 407 g/mol. The van der Waals surface area contributed by atoms with E-state index in [2.05, 4.69) is 4.36 Å². The topological polar surface area (TPSA) is 72.8 Å². The Morgan fingerprint density at radius 1 is 0.897 bits per heavy atom. The summed E-state index contributed by atoms with van der Waals surface area (Å²) in [5.41, 5.74) is 2.00. The average Bonchev–Trinajstić information content (AvgIpc) is 2.68. The lowest BCUT2D eigenvalue weighted by Gasteiger charge is -2.11. The van der Waals surface area contributed by atoms with Crippen LogP contribution in [-0.4, -0.2) is 22.3 Å². The maximum atomic E-state index is 13.0. The van der Waals surface area contributed by atoms with E-state index in [1.807, 2.05) is 13.0 Å². The highest BCUT2D eigenvalue weighted by molar-refractivity contribution is 7.93. The van der Waals surface area contributed by atoms with E-state index in [0.717, 1.165) is 5.56 Å². The summed E-state index contributed by atoms with van der Waals surface area (Å²) in [7, 11) is -2.94. The predicted octanol–water partition coefficient (Wildman–Crippen LogP) is 4.82. The van der Waals surface area contributed by atoms with Crippen molar-refractivity contribution in [1.29, 1.82) is 0 Å². The maximum absolute atomic E-state index is 13.0. The first-order valence-electron chi connectivity index (χ1n) is 8.98. The van der Waals surface area contributed by atoms with E-state index in [4.69, 9.17) is 4.74 Å². The van der Waals surface area contributed by atoms with Gasteiger partial charge >= 0.3 is 5.97 Å². The summed E-state index contributed by atoms with van der Waals surface area (Å²) in [6, 6.07) is 20.5. The molecule has 29 heavy (non-hydrogen) atoms. The first kappa shape index (κ1) is 20.5. The van der Waals surface area contributed by atoms with Crippen molar-refractivity contribution >= 4 is 21.6 Å². The minimum atomic E-state index is -2.94. The Hall–Kier alpha value is -3.25. The molecule has 5 nitrogen and oxygen atoms in total. The van der Waals surface area contributed by atoms with Gasteiger partial charge in [0, 0.05) is 11.2 Å². The largest absolute Gasteiger partial charge is 0.422 e. The van der Waals surface area contributed by atoms with Gasteiger partial charge in [-0.15, -0.1) is 0 Å². The zero-order chi connectivity index (χ0) is 21.0. The Balaban J connectivity index is 1.98. The van der Waals surface area contributed by atoms with Gasteiger partial charge in [0.2, 0.25) is 0 Å². The number of amides is 1. The highest BCUT2D eigenvalue weighted by Gasteiger charge is 2.20. The summed E-state index contributed by atoms with van der Waals surface area (Å²) in [6.07, 6.45) is 1.41. The van der Waals surface area contributed by atoms with Gasteiger partial charge in [-0.1, -0.05) is 48.0 Å². The van der Waals surface area contributed by atoms with Crippen LogP contribution in [0, 0.1) is 13.8 Å². The highest BCUT2D eigenvalue weighted by Crippen LogP contribution is 2.25. The minimum absolute atomic E-state index is 0.0912. The first-order chi connectivity index (χ1) is 13.8. The van der Waals surface area contributed by atoms with Crippen LogP contribution in [0.5, 0.6) is 5.75 Å². The number of hydrogen-bond acceptors (Lipinski definition) is 4. The molecule has 148 valence electrons. The Morgan fingerprint density at radius 2 is 1.59 bits per heavy atom. The third kappa shape index (κ3) is 4.78. The number of carbonyl (C=O) groups excluding carboxylic acids is 2. The number of rotatable bonds is 4. The summed E-state index contributed by atoms with van der Waals surface area (Å²) in [5.74, 6) is -1.17. The summed E-state index contributed by atoms with van der Waals surface area (Å²) in [5, 5.41) is 0. The molecule has 0 aliphatic rings. The van der Waals surface area contributed by atoms with Crippen molar-refractivity contribution in [3.8, 4) is 5.75 Å². The van der Waals surface area contributed by atoms with Gasteiger partial charge in [-0.3, -0.25) is 4.79 Å². The number of benzene rings is 3. The fraction of sp³-hybridized carbons (Fsp3) is 0.130. The molecule has 0 aromatic heterocycles. The third-order valence-electron chi connectivity index (χ3n) is 4.34. The third-order valence-corrected chi connectivity index (χ3v) is 6.00. The van der Waals surface area contributed by atoms with Crippen LogP contribution < -0.4 is 4.74 Å². The van der Waals surface area contributed by atoms with Crippen molar-refractivity contribution in [3.05, 3.63) is 95.1 Å². The van der Waals surface area contributed by atoms with Gasteiger partial charge in [0.25, 0.3) is 5.91 Å². The molecule has 0 bridgehead atoms. The summed E-state index contributed by atoms with van der Waals surface area (Å²) in [4.78, 5) is 25.9. The molecule has 3 aromatic rings. The van der Waals surface area contributed by atoms with Crippen LogP contribution in [0.1, 0.15) is 31.8 Å². The Labute approximate surface area is 170 Å². The Bertz CT molecular complexity index is 1190. The molecule has 0 aliphatic carbocycles. The lowest BCUT2D eigenvalue weighted by molar-refractivity contribution is 0.0732. The number of hydrogen-bond donors (Lipinski definition) is 0. The van der Waals surface area contributed by atoms with Crippen molar-refractivity contribution in [2.75, 3.05) is 6.26 Å². The zero-order valence-electron chi connectivity index (χ0n) is 16.4. The lowest BCUT2D eigenvalue weighted by Crippen LogP contribution is -2.13. The molecule has 0 radical (unpaired) electrons. The smallest absolute Gasteiger partial charge is 0.343 e. The van der Waals surface area contributed by atoms with E-state index in [9.17, 15) is 13.8 Å². The number of carbonyl (C=O) groups is 2. The molecule has 3 rings (SSSR count). The molecule has 0 N–H and O–H groups in total. The molecule has 6 heteroatoms. The van der Waals surface area contributed by atoms with E-state index >= 15 is 0 Å². The van der Waals surface area contributed by atoms with Gasteiger partial charge in [-0.2, -0.15) is 4.36 Å². The van der Waals surface area contributed by atoms with Crippen LogP contribution in [0.25, 0.3) is 0 Å². The Morgan fingerprint density at radius 3 is 2.28 bits per heavy atom. The second-order valence-corrected chi connectivity index (χ2v) is 8.98. The van der Waals surface area contributed by atoms with Crippen LogP contribution in [0.15, 0.2) is 82.1 Å². The number of esters is 1. The summed E-state index contributed by atoms with van der Waals surface area (Å²) >= 11 is 0.